The van der Waals surface area contributed by atoms with E-state index < -0.39 is 24.0 Å². The standard InChI is InChI=1S/C25H25ClN4O4.C23H23ClN4O3/c1-3-33-25(32)15(2)30-24(31)19-7-5-4-6-18(19)22(28-30)13-29-12-17-10-23(34-14-16-8-9-16)20(26)11-21(17)27-29;1-14(23(29)30)28-11-16-4-2-3-5-18(16)21(26-28)12-27-10-17-8-22(31-13-15-6-7-15)19(24)9-20(17)25-27/h4-7,10-12,15-16H,3,8-9,13-14H2,1-2H3;2-5,8-10,14-15H,6-7,11-13H2,1H3,(H,29,30). The zero-order chi connectivity index (χ0) is 45.4. The lowest BCUT2D eigenvalue weighted by Crippen LogP contribution is -2.38. The Balaban J connectivity index is 0.000000165. The fourth-order valence-corrected chi connectivity index (χ4v) is 8.09. The number of rotatable bonds is 15. The van der Waals surface area contributed by atoms with Crippen LogP contribution in [0.5, 0.6) is 11.5 Å². The maximum Gasteiger partial charge on any atom is 0.330 e. The Labute approximate surface area is 384 Å². The second kappa shape index (κ2) is 18.6. The highest BCUT2D eigenvalue weighted by atomic mass is 35.5. The largest absolute Gasteiger partial charge is 0.492 e. The van der Waals surface area contributed by atoms with E-state index in [-0.39, 0.29) is 12.2 Å². The fraction of sp³-hybridized carbons (Fsp3) is 0.354. The van der Waals surface area contributed by atoms with Gasteiger partial charge in [0.2, 0.25) is 0 Å². The molecule has 10 rings (SSSR count). The molecule has 0 bridgehead atoms. The highest BCUT2D eigenvalue weighted by molar-refractivity contribution is 6.33. The van der Waals surface area contributed by atoms with Crippen LogP contribution in [0.1, 0.15) is 69.3 Å². The topological polar surface area (TPSA) is 168 Å². The zero-order valence-electron chi connectivity index (χ0n) is 36.2. The third kappa shape index (κ3) is 9.81. The predicted octanol–water partition coefficient (Wildman–Crippen LogP) is 8.53. The molecule has 2 atom stereocenters. The minimum atomic E-state index is -0.902. The van der Waals surface area contributed by atoms with Crippen LogP contribution in [0.25, 0.3) is 32.6 Å². The molecular formula is C48H48Cl2N8O7. The Kier molecular flexibility index (Phi) is 12.5. The van der Waals surface area contributed by atoms with Crippen molar-refractivity contribution in [2.24, 2.45) is 16.9 Å². The maximum atomic E-state index is 13.1. The number of carboxylic acids is 1. The number of benzene rings is 4. The van der Waals surface area contributed by atoms with Crippen molar-refractivity contribution >= 4 is 73.4 Å². The van der Waals surface area contributed by atoms with Gasteiger partial charge in [-0.25, -0.2) is 14.3 Å². The fourth-order valence-electron chi connectivity index (χ4n) is 7.67. The van der Waals surface area contributed by atoms with Crippen LogP contribution in [0.4, 0.5) is 0 Å². The van der Waals surface area contributed by atoms with E-state index in [0.29, 0.717) is 82.7 Å². The number of fused-ring (bicyclic) bond motifs is 4. The number of hydrogen-bond donors (Lipinski definition) is 1. The highest BCUT2D eigenvalue weighted by Gasteiger charge is 2.28. The number of hydrazone groups is 1. The van der Waals surface area contributed by atoms with Gasteiger partial charge in [-0.05, 0) is 94.2 Å². The molecule has 15 nitrogen and oxygen atoms in total. The monoisotopic (exact) mass is 918 g/mol. The second-order valence-corrected chi connectivity index (χ2v) is 17.6. The molecule has 2 fully saturated rings. The number of carbonyl (C=O) groups excluding carboxylic acids is 1. The van der Waals surface area contributed by atoms with Crippen molar-refractivity contribution in [1.29, 1.82) is 0 Å². The van der Waals surface area contributed by atoms with Crippen molar-refractivity contribution < 1.29 is 28.9 Å². The van der Waals surface area contributed by atoms with Crippen LogP contribution in [-0.4, -0.2) is 83.0 Å². The van der Waals surface area contributed by atoms with Crippen molar-refractivity contribution in [2.45, 2.75) is 78.2 Å². The number of aromatic nitrogens is 6. The number of aliphatic carboxylic acids is 1. The molecule has 2 unspecified atom stereocenters. The first-order chi connectivity index (χ1) is 31.4. The molecule has 65 heavy (non-hydrogen) atoms. The van der Waals surface area contributed by atoms with Crippen LogP contribution < -0.4 is 15.0 Å². The number of hydrogen-bond acceptors (Lipinski definition) is 11. The maximum absolute atomic E-state index is 13.1. The Bertz CT molecular complexity index is 3030. The lowest BCUT2D eigenvalue weighted by molar-refractivity contribution is -0.147. The molecule has 2 aliphatic carbocycles. The molecule has 3 aromatic heterocycles. The summed E-state index contributed by atoms with van der Waals surface area (Å²) in [5.74, 6) is 1.21. The average molecular weight is 920 g/mol. The molecule has 7 aromatic rings. The Hall–Kier alpha value is -6.45. The Morgan fingerprint density at radius 2 is 1.34 bits per heavy atom. The van der Waals surface area contributed by atoms with E-state index >= 15 is 0 Å². The van der Waals surface area contributed by atoms with Crippen LogP contribution in [0, 0.1) is 11.8 Å². The van der Waals surface area contributed by atoms with Crippen molar-refractivity contribution in [2.75, 3.05) is 19.8 Å². The Morgan fingerprint density at radius 1 is 0.769 bits per heavy atom. The van der Waals surface area contributed by atoms with Gasteiger partial charge in [-0.1, -0.05) is 65.7 Å². The van der Waals surface area contributed by atoms with Gasteiger partial charge in [0, 0.05) is 34.1 Å². The minimum Gasteiger partial charge on any atom is -0.492 e. The quantitative estimate of drug-likeness (QED) is 0.0979. The third-order valence-electron chi connectivity index (χ3n) is 11.8. The van der Waals surface area contributed by atoms with Crippen LogP contribution in [0.15, 0.2) is 95.1 Å². The first-order valence-corrected chi connectivity index (χ1v) is 22.6. The smallest absolute Gasteiger partial charge is 0.330 e. The molecular weight excluding hydrogens is 871 g/mol. The lowest BCUT2D eigenvalue weighted by atomic mass is 10.0. The zero-order valence-corrected chi connectivity index (χ0v) is 37.7. The number of carboxylic acid groups (broad SMARTS) is 1. The summed E-state index contributed by atoms with van der Waals surface area (Å²) < 4.78 is 21.6. The number of nitrogens with zero attached hydrogens (tertiary/aromatic N) is 8. The summed E-state index contributed by atoms with van der Waals surface area (Å²) in [5.41, 5.74) is 4.65. The second-order valence-electron chi connectivity index (χ2n) is 16.8. The third-order valence-corrected chi connectivity index (χ3v) is 12.4. The van der Waals surface area contributed by atoms with E-state index in [2.05, 4.69) is 20.4 Å². The molecule has 0 spiro atoms. The van der Waals surface area contributed by atoms with Crippen molar-refractivity contribution in [3.05, 3.63) is 122 Å². The van der Waals surface area contributed by atoms with E-state index in [4.69, 9.17) is 37.4 Å². The van der Waals surface area contributed by atoms with E-state index in [1.54, 1.807) is 48.7 Å². The summed E-state index contributed by atoms with van der Waals surface area (Å²) in [6.45, 7) is 7.77. The lowest BCUT2D eigenvalue weighted by Gasteiger charge is -2.30. The molecule has 0 radical (unpaired) electrons. The van der Waals surface area contributed by atoms with Gasteiger partial charge in [-0.2, -0.15) is 20.4 Å². The summed E-state index contributed by atoms with van der Waals surface area (Å²) in [7, 11) is 0. The summed E-state index contributed by atoms with van der Waals surface area (Å²) in [5, 5.41) is 33.7. The molecule has 1 N–H and O–H groups in total. The highest BCUT2D eigenvalue weighted by Crippen LogP contribution is 2.35. The Morgan fingerprint density at radius 3 is 1.92 bits per heavy atom. The molecule has 1 aliphatic heterocycles. The number of halogens is 2. The summed E-state index contributed by atoms with van der Waals surface area (Å²) >= 11 is 12.8. The van der Waals surface area contributed by atoms with Gasteiger partial charge < -0.3 is 19.3 Å². The van der Waals surface area contributed by atoms with Gasteiger partial charge in [0.15, 0.2) is 6.04 Å². The van der Waals surface area contributed by atoms with E-state index in [1.807, 2.05) is 71.7 Å². The normalized spacial score (nSPS) is 15.5. The van der Waals surface area contributed by atoms with E-state index in [9.17, 15) is 19.5 Å². The van der Waals surface area contributed by atoms with Gasteiger partial charge in [-0.15, -0.1) is 0 Å². The van der Waals surface area contributed by atoms with Gasteiger partial charge in [0.1, 0.15) is 17.5 Å². The van der Waals surface area contributed by atoms with Crippen LogP contribution in [0.3, 0.4) is 0 Å². The van der Waals surface area contributed by atoms with Crippen LogP contribution in [-0.2, 0) is 34.0 Å². The molecule has 3 aliphatic rings. The van der Waals surface area contributed by atoms with Crippen LogP contribution in [0.2, 0.25) is 10.0 Å². The average Bonchev–Trinajstić information content (AvgIpc) is 4.24. The summed E-state index contributed by atoms with van der Waals surface area (Å²) in [6.07, 6.45) is 8.69. The van der Waals surface area contributed by atoms with Gasteiger partial charge in [0.05, 0.1) is 77.3 Å². The molecule has 336 valence electrons. The SMILES string of the molecule is CC(C(=O)O)N1Cc2ccccc2C(Cn2cc3cc(OCC4CC4)c(Cl)cc3n2)=N1.CCOC(=O)C(C)n1nc(Cn2cc3cc(OCC4CC4)c(Cl)cc3n2)c2ccccc2c1=O. The molecule has 17 heteroatoms. The summed E-state index contributed by atoms with van der Waals surface area (Å²) in [6, 6.07) is 21.1. The predicted molar refractivity (Wildman–Crippen MR) is 248 cm³/mol. The first-order valence-electron chi connectivity index (χ1n) is 21.8. The number of carbonyl (C=O) groups is 2. The summed E-state index contributed by atoms with van der Waals surface area (Å²) in [4.78, 5) is 36.9. The van der Waals surface area contributed by atoms with Gasteiger partial charge >= 0.3 is 11.9 Å². The number of ether oxygens (including phenoxy) is 3. The van der Waals surface area contributed by atoms with Gasteiger partial charge in [-0.3, -0.25) is 19.2 Å². The molecule has 4 heterocycles. The van der Waals surface area contributed by atoms with Gasteiger partial charge in [0.25, 0.3) is 5.56 Å². The molecule has 0 amide bonds. The van der Waals surface area contributed by atoms with Crippen LogP contribution >= 0.6 is 23.2 Å². The van der Waals surface area contributed by atoms with Crippen molar-refractivity contribution in [1.82, 2.24) is 34.4 Å². The molecule has 4 aromatic carbocycles. The van der Waals surface area contributed by atoms with Crippen molar-refractivity contribution in [3.8, 4) is 11.5 Å². The first kappa shape index (κ1) is 43.8. The van der Waals surface area contributed by atoms with E-state index in [0.717, 1.165) is 38.6 Å². The molecule has 0 saturated heterocycles. The number of esters is 1. The minimum absolute atomic E-state index is 0.229. The molecule has 2 saturated carbocycles. The van der Waals surface area contributed by atoms with E-state index in [1.165, 1.54) is 30.4 Å². The van der Waals surface area contributed by atoms with Crippen molar-refractivity contribution in [3.63, 3.8) is 0 Å².